The zero-order valence-electron chi connectivity index (χ0n) is 14.2. The Hall–Kier alpha value is -2.64. The fraction of sp³-hybridized carbons (Fsp3) is 0.529. The van der Waals surface area contributed by atoms with Gasteiger partial charge in [0, 0.05) is 18.7 Å². The number of non-ortho nitro benzene ring substituents is 1. The number of esters is 1. The number of carbonyl (C=O) groups is 2. The largest absolute Gasteiger partial charge is 0.449 e. The van der Waals surface area contributed by atoms with Gasteiger partial charge >= 0.3 is 5.97 Å². The number of nitro benzene ring substituents is 1. The lowest BCUT2D eigenvalue weighted by atomic mass is 9.89. The third kappa shape index (κ3) is 5.17. The highest BCUT2D eigenvalue weighted by molar-refractivity contribution is 5.97. The van der Waals surface area contributed by atoms with Crippen LogP contribution >= 0.6 is 0 Å². The predicted molar refractivity (Wildman–Crippen MR) is 92.0 cm³/mol. The molecule has 0 bridgehead atoms. The second kappa shape index (κ2) is 8.46. The lowest BCUT2D eigenvalue weighted by Crippen LogP contribution is -2.38. The highest BCUT2D eigenvalue weighted by Gasteiger charge is 2.22. The van der Waals surface area contributed by atoms with Crippen molar-refractivity contribution in [2.75, 3.05) is 12.3 Å². The summed E-state index contributed by atoms with van der Waals surface area (Å²) in [7, 11) is 0. The molecule has 1 atom stereocenters. The smallest absolute Gasteiger partial charge is 0.341 e. The minimum Gasteiger partial charge on any atom is -0.449 e. The number of anilines is 1. The zero-order valence-corrected chi connectivity index (χ0v) is 14.2. The Morgan fingerprint density at radius 2 is 2.04 bits per heavy atom. The molecule has 136 valence electrons. The molecule has 1 amide bonds. The van der Waals surface area contributed by atoms with Gasteiger partial charge in [0.25, 0.3) is 11.6 Å². The quantitative estimate of drug-likeness (QED) is 0.352. The van der Waals surface area contributed by atoms with E-state index in [2.05, 4.69) is 5.32 Å². The van der Waals surface area contributed by atoms with Crippen molar-refractivity contribution in [3.05, 3.63) is 33.9 Å². The van der Waals surface area contributed by atoms with Crippen LogP contribution in [0.15, 0.2) is 18.2 Å². The van der Waals surface area contributed by atoms with Gasteiger partial charge in [-0.1, -0.05) is 19.3 Å². The molecule has 0 spiro atoms. The number of carbonyl (C=O) groups excluding carboxylic acids is 2. The highest BCUT2D eigenvalue weighted by atomic mass is 16.6. The second-order valence-corrected chi connectivity index (χ2v) is 6.33. The van der Waals surface area contributed by atoms with Crippen molar-refractivity contribution in [1.29, 1.82) is 0 Å². The Labute approximate surface area is 145 Å². The van der Waals surface area contributed by atoms with Gasteiger partial charge in [0.15, 0.2) is 6.10 Å². The highest BCUT2D eigenvalue weighted by Crippen LogP contribution is 2.23. The van der Waals surface area contributed by atoms with Gasteiger partial charge in [0.1, 0.15) is 0 Å². The Kier molecular flexibility index (Phi) is 6.32. The number of nitro groups is 1. The molecular weight excluding hydrogens is 326 g/mol. The van der Waals surface area contributed by atoms with Gasteiger partial charge in [0.05, 0.1) is 16.2 Å². The number of nitrogens with two attached hydrogens (primary N) is 1. The summed E-state index contributed by atoms with van der Waals surface area (Å²) >= 11 is 0. The molecule has 8 nitrogen and oxygen atoms in total. The molecule has 1 fully saturated rings. The van der Waals surface area contributed by atoms with E-state index in [-0.39, 0.29) is 22.8 Å². The molecule has 3 N–H and O–H groups in total. The number of benzene rings is 1. The van der Waals surface area contributed by atoms with Crippen LogP contribution in [0, 0.1) is 16.0 Å². The number of rotatable bonds is 6. The fourth-order valence-corrected chi connectivity index (χ4v) is 2.91. The number of hydrogen-bond donors (Lipinski definition) is 2. The van der Waals surface area contributed by atoms with Gasteiger partial charge in [-0.15, -0.1) is 0 Å². The summed E-state index contributed by atoms with van der Waals surface area (Å²) in [5.74, 6) is -0.668. The summed E-state index contributed by atoms with van der Waals surface area (Å²) in [6, 6.07) is 3.48. The van der Waals surface area contributed by atoms with E-state index in [1.54, 1.807) is 0 Å². The molecular formula is C17H23N3O5. The minimum absolute atomic E-state index is 0.00229. The first kappa shape index (κ1) is 18.7. The van der Waals surface area contributed by atoms with E-state index in [1.807, 2.05) is 0 Å². The molecule has 1 aromatic rings. The number of amides is 1. The first-order chi connectivity index (χ1) is 11.9. The van der Waals surface area contributed by atoms with E-state index < -0.39 is 17.0 Å². The molecule has 1 aliphatic rings. The van der Waals surface area contributed by atoms with Crippen LogP contribution in [-0.4, -0.2) is 29.4 Å². The van der Waals surface area contributed by atoms with Gasteiger partial charge in [-0.05, 0) is 31.7 Å². The molecule has 2 rings (SSSR count). The normalized spacial score (nSPS) is 16.0. The molecule has 1 aromatic carbocycles. The van der Waals surface area contributed by atoms with Crippen LogP contribution in [0.5, 0.6) is 0 Å². The molecule has 0 aromatic heterocycles. The molecule has 0 unspecified atom stereocenters. The van der Waals surface area contributed by atoms with Crippen molar-refractivity contribution in [3.8, 4) is 0 Å². The van der Waals surface area contributed by atoms with E-state index in [0.29, 0.717) is 12.5 Å². The summed E-state index contributed by atoms with van der Waals surface area (Å²) in [5.41, 5.74) is 5.38. The Morgan fingerprint density at radius 1 is 1.36 bits per heavy atom. The zero-order chi connectivity index (χ0) is 18.4. The number of nitrogens with zero attached hydrogens (tertiary/aromatic N) is 1. The van der Waals surface area contributed by atoms with Crippen LogP contribution in [0.25, 0.3) is 0 Å². The van der Waals surface area contributed by atoms with Crippen molar-refractivity contribution >= 4 is 23.3 Å². The Bertz CT molecular complexity index is 656. The van der Waals surface area contributed by atoms with Gasteiger partial charge in [-0.25, -0.2) is 4.79 Å². The summed E-state index contributed by atoms with van der Waals surface area (Å²) in [6.07, 6.45) is 4.86. The molecule has 0 heterocycles. The van der Waals surface area contributed by atoms with Crippen molar-refractivity contribution in [2.24, 2.45) is 5.92 Å². The van der Waals surface area contributed by atoms with E-state index in [0.717, 1.165) is 18.9 Å². The molecule has 0 radical (unpaired) electrons. The topological polar surface area (TPSA) is 125 Å². The molecule has 8 heteroatoms. The van der Waals surface area contributed by atoms with E-state index >= 15 is 0 Å². The summed E-state index contributed by atoms with van der Waals surface area (Å²) in [4.78, 5) is 34.3. The Balaban J connectivity index is 1.88. The molecule has 0 aliphatic heterocycles. The third-order valence-electron chi connectivity index (χ3n) is 4.41. The van der Waals surface area contributed by atoms with Gasteiger partial charge in [-0.2, -0.15) is 0 Å². The first-order valence-corrected chi connectivity index (χ1v) is 8.41. The van der Waals surface area contributed by atoms with E-state index in [1.165, 1.54) is 38.3 Å². The standard InChI is InChI=1S/C17H23N3O5/c1-11(16(21)19-10-12-5-3-2-4-6-12)25-17(22)14-8-7-13(20(23)24)9-15(14)18/h7-9,11-12H,2-6,10,18H2,1H3,(H,19,21)/t11-/m1/s1. The van der Waals surface area contributed by atoms with Gasteiger partial charge in [0.2, 0.25) is 0 Å². The fourth-order valence-electron chi connectivity index (χ4n) is 2.91. The van der Waals surface area contributed by atoms with Crippen molar-refractivity contribution in [2.45, 2.75) is 45.1 Å². The second-order valence-electron chi connectivity index (χ2n) is 6.33. The van der Waals surface area contributed by atoms with Gasteiger partial charge < -0.3 is 15.8 Å². The van der Waals surface area contributed by atoms with Crippen molar-refractivity contribution in [1.82, 2.24) is 5.32 Å². The number of nitrogen functional groups attached to an aromatic ring is 1. The lowest BCUT2D eigenvalue weighted by Gasteiger charge is -2.22. The van der Waals surface area contributed by atoms with E-state index in [9.17, 15) is 19.7 Å². The van der Waals surface area contributed by atoms with Crippen LogP contribution in [0.3, 0.4) is 0 Å². The third-order valence-corrected chi connectivity index (χ3v) is 4.41. The predicted octanol–water partition coefficient (Wildman–Crippen LogP) is 2.42. The molecule has 1 aliphatic carbocycles. The van der Waals surface area contributed by atoms with Crippen molar-refractivity contribution in [3.63, 3.8) is 0 Å². The summed E-state index contributed by atoms with van der Waals surface area (Å²) < 4.78 is 5.12. The monoisotopic (exact) mass is 349 g/mol. The lowest BCUT2D eigenvalue weighted by molar-refractivity contribution is -0.384. The van der Waals surface area contributed by atoms with Crippen LogP contribution in [-0.2, 0) is 9.53 Å². The Morgan fingerprint density at radius 3 is 2.64 bits per heavy atom. The average Bonchev–Trinajstić information content (AvgIpc) is 2.60. The van der Waals surface area contributed by atoms with E-state index in [4.69, 9.17) is 10.5 Å². The van der Waals surface area contributed by atoms with Gasteiger partial charge in [-0.3, -0.25) is 14.9 Å². The van der Waals surface area contributed by atoms with Crippen molar-refractivity contribution < 1.29 is 19.2 Å². The number of nitrogens with one attached hydrogen (secondary N) is 1. The summed E-state index contributed by atoms with van der Waals surface area (Å²) in [5, 5.41) is 13.5. The SMILES string of the molecule is C[C@@H](OC(=O)c1ccc([N+](=O)[O-])cc1N)C(=O)NCC1CCCCC1. The first-order valence-electron chi connectivity index (χ1n) is 8.41. The molecule has 0 saturated heterocycles. The molecule has 25 heavy (non-hydrogen) atoms. The maximum atomic E-state index is 12.1. The van der Waals surface area contributed by atoms with Crippen LogP contribution < -0.4 is 11.1 Å². The minimum atomic E-state index is -0.967. The summed E-state index contributed by atoms with van der Waals surface area (Å²) in [6.45, 7) is 2.07. The van der Waals surface area contributed by atoms with Crippen LogP contribution in [0.1, 0.15) is 49.4 Å². The van der Waals surface area contributed by atoms with Crippen LogP contribution in [0.4, 0.5) is 11.4 Å². The number of hydrogen-bond acceptors (Lipinski definition) is 6. The maximum Gasteiger partial charge on any atom is 0.341 e. The number of ether oxygens (including phenoxy) is 1. The van der Waals surface area contributed by atoms with Crippen LogP contribution in [0.2, 0.25) is 0 Å². The average molecular weight is 349 g/mol. The maximum absolute atomic E-state index is 12.1. The molecule has 1 saturated carbocycles.